The van der Waals surface area contributed by atoms with Crippen LogP contribution in [0.1, 0.15) is 13.3 Å². The summed E-state index contributed by atoms with van der Waals surface area (Å²) in [6, 6.07) is 12.1. The van der Waals surface area contributed by atoms with Crippen molar-refractivity contribution >= 4 is 5.82 Å². The van der Waals surface area contributed by atoms with Crippen LogP contribution in [0.3, 0.4) is 0 Å². The Labute approximate surface area is 131 Å². The third-order valence-corrected chi connectivity index (χ3v) is 3.78. The van der Waals surface area contributed by atoms with Crippen LogP contribution in [0.25, 0.3) is 11.3 Å². The summed E-state index contributed by atoms with van der Waals surface area (Å²) >= 11 is 0. The Hall–Kier alpha value is -2.14. The van der Waals surface area contributed by atoms with Gasteiger partial charge in [0, 0.05) is 25.2 Å². The molecule has 5 nitrogen and oxygen atoms in total. The van der Waals surface area contributed by atoms with Gasteiger partial charge in [0.15, 0.2) is 5.82 Å². The smallest absolute Gasteiger partial charge is 0.151 e. The Balaban J connectivity index is 1.72. The summed E-state index contributed by atoms with van der Waals surface area (Å²) in [6.45, 7) is 6.76. The highest BCUT2D eigenvalue weighted by Gasteiger charge is 2.11. The lowest BCUT2D eigenvalue weighted by molar-refractivity contribution is 0.340. The minimum absolute atomic E-state index is 0.679. The quantitative estimate of drug-likeness (QED) is 0.939. The molecule has 1 aromatic carbocycles. The normalized spacial score (nSPS) is 15.4. The molecule has 0 radical (unpaired) electrons. The lowest BCUT2D eigenvalue weighted by Gasteiger charge is -2.20. The van der Waals surface area contributed by atoms with Gasteiger partial charge < -0.3 is 15.0 Å². The Morgan fingerprint density at radius 3 is 2.64 bits per heavy atom. The van der Waals surface area contributed by atoms with Gasteiger partial charge >= 0.3 is 0 Å². The van der Waals surface area contributed by atoms with Gasteiger partial charge in [-0.15, -0.1) is 10.2 Å². The van der Waals surface area contributed by atoms with Gasteiger partial charge in [0.1, 0.15) is 5.75 Å². The zero-order valence-electron chi connectivity index (χ0n) is 13.0. The van der Waals surface area contributed by atoms with Crippen molar-refractivity contribution < 1.29 is 4.74 Å². The van der Waals surface area contributed by atoms with Crippen molar-refractivity contribution in [3.05, 3.63) is 36.4 Å². The number of aromatic nitrogens is 2. The highest BCUT2D eigenvalue weighted by atomic mass is 16.5. The minimum Gasteiger partial charge on any atom is -0.494 e. The van der Waals surface area contributed by atoms with E-state index in [1.54, 1.807) is 0 Å². The lowest BCUT2D eigenvalue weighted by Crippen LogP contribution is -2.28. The molecule has 2 heterocycles. The number of ether oxygens (including phenoxy) is 1. The summed E-state index contributed by atoms with van der Waals surface area (Å²) in [5.74, 6) is 1.84. The average Bonchev–Trinajstić information content (AvgIpc) is 2.85. The predicted molar refractivity (Wildman–Crippen MR) is 88.3 cm³/mol. The van der Waals surface area contributed by atoms with E-state index in [-0.39, 0.29) is 0 Å². The van der Waals surface area contributed by atoms with Crippen LogP contribution >= 0.6 is 0 Å². The molecule has 1 fully saturated rings. The molecule has 2 aromatic rings. The van der Waals surface area contributed by atoms with Crippen LogP contribution in [-0.2, 0) is 0 Å². The molecule has 5 heteroatoms. The predicted octanol–water partition coefficient (Wildman–Crippen LogP) is 2.34. The van der Waals surface area contributed by atoms with Crippen LogP contribution < -0.4 is 15.0 Å². The molecule has 1 saturated heterocycles. The Morgan fingerprint density at radius 2 is 1.91 bits per heavy atom. The third-order valence-electron chi connectivity index (χ3n) is 3.78. The highest BCUT2D eigenvalue weighted by molar-refractivity contribution is 5.60. The van der Waals surface area contributed by atoms with Gasteiger partial charge in [-0.3, -0.25) is 0 Å². The van der Waals surface area contributed by atoms with Crippen molar-refractivity contribution in [3.63, 3.8) is 0 Å². The molecule has 1 N–H and O–H groups in total. The van der Waals surface area contributed by atoms with E-state index in [0.717, 1.165) is 55.4 Å². The SMILES string of the molecule is CCOc1ccc(-c2ccc(N3CCCNCC3)nn2)cc1. The van der Waals surface area contributed by atoms with E-state index in [1.807, 2.05) is 37.3 Å². The van der Waals surface area contributed by atoms with Crippen LogP contribution in [0, 0.1) is 0 Å². The van der Waals surface area contributed by atoms with Crippen molar-refractivity contribution in [2.24, 2.45) is 0 Å². The molecule has 0 unspecified atom stereocenters. The summed E-state index contributed by atoms with van der Waals surface area (Å²) in [4.78, 5) is 2.29. The van der Waals surface area contributed by atoms with Crippen molar-refractivity contribution in [3.8, 4) is 17.0 Å². The van der Waals surface area contributed by atoms with E-state index in [0.29, 0.717) is 6.61 Å². The van der Waals surface area contributed by atoms with Gasteiger partial charge in [0.05, 0.1) is 12.3 Å². The first kappa shape index (κ1) is 14.8. The van der Waals surface area contributed by atoms with Crippen LogP contribution in [0.15, 0.2) is 36.4 Å². The highest BCUT2D eigenvalue weighted by Crippen LogP contribution is 2.21. The molecule has 1 aliphatic rings. The molecule has 0 spiro atoms. The number of hydrogen-bond donors (Lipinski definition) is 1. The first-order valence-corrected chi connectivity index (χ1v) is 7.89. The largest absolute Gasteiger partial charge is 0.494 e. The van der Waals surface area contributed by atoms with Gasteiger partial charge in [-0.05, 0) is 56.3 Å². The minimum atomic E-state index is 0.679. The summed E-state index contributed by atoms with van der Waals surface area (Å²) < 4.78 is 5.46. The maximum Gasteiger partial charge on any atom is 0.151 e. The second kappa shape index (κ2) is 7.22. The standard InChI is InChI=1S/C17H22N4O/c1-2-22-15-6-4-14(5-7-15)16-8-9-17(20-19-16)21-12-3-10-18-11-13-21/h4-9,18H,2-3,10-13H2,1H3. The van der Waals surface area contributed by atoms with Gasteiger partial charge in [0.2, 0.25) is 0 Å². The summed E-state index contributed by atoms with van der Waals surface area (Å²) in [5.41, 5.74) is 1.94. The summed E-state index contributed by atoms with van der Waals surface area (Å²) in [7, 11) is 0. The first-order valence-electron chi connectivity index (χ1n) is 7.89. The fourth-order valence-corrected chi connectivity index (χ4v) is 2.61. The first-order chi connectivity index (χ1) is 10.9. The van der Waals surface area contributed by atoms with Crippen LogP contribution in [0.4, 0.5) is 5.82 Å². The third kappa shape index (κ3) is 3.54. The average molecular weight is 298 g/mol. The topological polar surface area (TPSA) is 50.3 Å². The van der Waals surface area contributed by atoms with E-state index >= 15 is 0 Å². The van der Waals surface area contributed by atoms with Crippen LogP contribution in [0.2, 0.25) is 0 Å². The molecule has 1 aliphatic heterocycles. The van der Waals surface area contributed by atoms with Gasteiger partial charge in [-0.2, -0.15) is 0 Å². The molecule has 0 saturated carbocycles. The molecule has 116 valence electrons. The fourth-order valence-electron chi connectivity index (χ4n) is 2.61. The molecule has 0 aliphatic carbocycles. The van der Waals surface area contributed by atoms with Crippen molar-refractivity contribution in [1.29, 1.82) is 0 Å². The van der Waals surface area contributed by atoms with Crippen LogP contribution in [0.5, 0.6) is 5.75 Å². The molecule has 0 amide bonds. The molecule has 3 rings (SSSR count). The van der Waals surface area contributed by atoms with Crippen molar-refractivity contribution in [2.45, 2.75) is 13.3 Å². The van der Waals surface area contributed by atoms with Gasteiger partial charge in [-0.1, -0.05) is 0 Å². The summed E-state index contributed by atoms with van der Waals surface area (Å²) in [5, 5.41) is 12.2. The second-order valence-electron chi connectivity index (χ2n) is 5.32. The Kier molecular flexibility index (Phi) is 4.85. The van der Waals surface area contributed by atoms with E-state index in [1.165, 1.54) is 0 Å². The number of anilines is 1. The van der Waals surface area contributed by atoms with E-state index < -0.39 is 0 Å². The number of nitrogens with one attached hydrogen (secondary N) is 1. The zero-order chi connectivity index (χ0) is 15.2. The van der Waals surface area contributed by atoms with Crippen molar-refractivity contribution in [1.82, 2.24) is 15.5 Å². The maximum atomic E-state index is 5.46. The number of rotatable bonds is 4. The molecular weight excluding hydrogens is 276 g/mol. The number of nitrogens with zero attached hydrogens (tertiary/aromatic N) is 3. The number of benzene rings is 1. The van der Waals surface area contributed by atoms with E-state index in [2.05, 4.69) is 26.5 Å². The van der Waals surface area contributed by atoms with E-state index in [9.17, 15) is 0 Å². The summed E-state index contributed by atoms with van der Waals surface area (Å²) in [6.07, 6.45) is 1.14. The second-order valence-corrected chi connectivity index (χ2v) is 5.32. The zero-order valence-corrected chi connectivity index (χ0v) is 13.0. The number of hydrogen-bond acceptors (Lipinski definition) is 5. The molecule has 0 bridgehead atoms. The monoisotopic (exact) mass is 298 g/mol. The molecule has 1 aromatic heterocycles. The van der Waals surface area contributed by atoms with Gasteiger partial charge in [-0.25, -0.2) is 0 Å². The Morgan fingerprint density at radius 1 is 1.05 bits per heavy atom. The van der Waals surface area contributed by atoms with Gasteiger partial charge in [0.25, 0.3) is 0 Å². The van der Waals surface area contributed by atoms with Crippen LogP contribution in [-0.4, -0.2) is 43.0 Å². The Bertz CT molecular complexity index is 575. The lowest BCUT2D eigenvalue weighted by atomic mass is 10.1. The van der Waals surface area contributed by atoms with E-state index in [4.69, 9.17) is 4.74 Å². The van der Waals surface area contributed by atoms with Crippen molar-refractivity contribution in [2.75, 3.05) is 37.7 Å². The molecule has 22 heavy (non-hydrogen) atoms. The molecular formula is C17H22N4O. The molecule has 0 atom stereocenters. The fraction of sp³-hybridized carbons (Fsp3) is 0.412. The maximum absolute atomic E-state index is 5.46.